The molecular formula is C14H31N. The molecule has 0 aromatic carbocycles. The van der Waals surface area contributed by atoms with E-state index < -0.39 is 0 Å². The van der Waals surface area contributed by atoms with Crippen LogP contribution in [0.4, 0.5) is 0 Å². The van der Waals surface area contributed by atoms with E-state index in [1.165, 1.54) is 45.2 Å². The van der Waals surface area contributed by atoms with Crippen LogP contribution in [0.25, 0.3) is 0 Å². The second-order valence-corrected chi connectivity index (χ2v) is 5.19. The van der Waals surface area contributed by atoms with Crippen molar-refractivity contribution in [2.75, 3.05) is 20.1 Å². The SMILES string of the molecule is CCCCCCN(C)CC(C)C(C)CC. The molecule has 1 nitrogen and oxygen atoms in total. The van der Waals surface area contributed by atoms with E-state index in [1.807, 2.05) is 0 Å². The molecule has 0 aromatic heterocycles. The summed E-state index contributed by atoms with van der Waals surface area (Å²) >= 11 is 0. The van der Waals surface area contributed by atoms with E-state index in [1.54, 1.807) is 0 Å². The van der Waals surface area contributed by atoms with Gasteiger partial charge in [-0.15, -0.1) is 0 Å². The molecule has 0 spiro atoms. The van der Waals surface area contributed by atoms with Gasteiger partial charge in [0.15, 0.2) is 0 Å². The zero-order valence-electron chi connectivity index (χ0n) is 11.6. The molecule has 0 saturated carbocycles. The Labute approximate surface area is 97.2 Å². The van der Waals surface area contributed by atoms with E-state index in [9.17, 15) is 0 Å². The average molecular weight is 213 g/mol. The van der Waals surface area contributed by atoms with Crippen LogP contribution >= 0.6 is 0 Å². The molecule has 0 fully saturated rings. The molecule has 15 heavy (non-hydrogen) atoms. The fourth-order valence-corrected chi connectivity index (χ4v) is 1.97. The summed E-state index contributed by atoms with van der Waals surface area (Å²) in [5.74, 6) is 1.70. The van der Waals surface area contributed by atoms with Crippen LogP contribution in [0.5, 0.6) is 0 Å². The summed E-state index contributed by atoms with van der Waals surface area (Å²) < 4.78 is 0. The molecule has 0 aromatic rings. The molecule has 92 valence electrons. The Balaban J connectivity index is 3.50. The van der Waals surface area contributed by atoms with E-state index in [2.05, 4.69) is 39.6 Å². The third kappa shape index (κ3) is 7.84. The largest absolute Gasteiger partial charge is 0.306 e. The van der Waals surface area contributed by atoms with Crippen molar-refractivity contribution in [3.63, 3.8) is 0 Å². The highest BCUT2D eigenvalue weighted by atomic mass is 15.1. The molecule has 2 unspecified atom stereocenters. The van der Waals surface area contributed by atoms with E-state index in [-0.39, 0.29) is 0 Å². The van der Waals surface area contributed by atoms with Gasteiger partial charge in [0.2, 0.25) is 0 Å². The number of unbranched alkanes of at least 4 members (excludes halogenated alkanes) is 3. The first-order valence-corrected chi connectivity index (χ1v) is 6.80. The molecular weight excluding hydrogens is 182 g/mol. The highest BCUT2D eigenvalue weighted by Gasteiger charge is 2.11. The molecule has 0 aliphatic carbocycles. The van der Waals surface area contributed by atoms with Crippen LogP contribution in [0, 0.1) is 11.8 Å². The minimum atomic E-state index is 0.839. The third-order valence-corrected chi connectivity index (χ3v) is 3.61. The van der Waals surface area contributed by atoms with Crippen LogP contribution in [0.2, 0.25) is 0 Å². The standard InChI is InChI=1S/C14H31N/c1-6-8-9-10-11-15(5)12-14(4)13(3)7-2/h13-14H,6-12H2,1-5H3. The van der Waals surface area contributed by atoms with Crippen molar-refractivity contribution in [2.45, 2.75) is 59.8 Å². The van der Waals surface area contributed by atoms with Crippen molar-refractivity contribution in [3.05, 3.63) is 0 Å². The fourth-order valence-electron chi connectivity index (χ4n) is 1.97. The first-order valence-electron chi connectivity index (χ1n) is 6.80. The molecule has 0 radical (unpaired) electrons. The lowest BCUT2D eigenvalue weighted by molar-refractivity contribution is 0.234. The maximum absolute atomic E-state index is 2.51. The van der Waals surface area contributed by atoms with Crippen LogP contribution in [0.3, 0.4) is 0 Å². The van der Waals surface area contributed by atoms with Crippen molar-refractivity contribution in [1.82, 2.24) is 4.90 Å². The molecule has 0 heterocycles. The summed E-state index contributed by atoms with van der Waals surface area (Å²) in [5.41, 5.74) is 0. The number of hydrogen-bond donors (Lipinski definition) is 0. The van der Waals surface area contributed by atoms with Gasteiger partial charge in [0.05, 0.1) is 0 Å². The molecule has 0 bridgehead atoms. The molecule has 0 rings (SSSR count). The Morgan fingerprint density at radius 2 is 1.60 bits per heavy atom. The third-order valence-electron chi connectivity index (χ3n) is 3.61. The summed E-state index contributed by atoms with van der Waals surface area (Å²) in [6, 6.07) is 0. The molecule has 0 amide bonds. The van der Waals surface area contributed by atoms with Crippen LogP contribution < -0.4 is 0 Å². The summed E-state index contributed by atoms with van der Waals surface area (Å²) in [6.45, 7) is 11.9. The van der Waals surface area contributed by atoms with Gasteiger partial charge in [0.25, 0.3) is 0 Å². The predicted octanol–water partition coefficient (Wildman–Crippen LogP) is 4.18. The van der Waals surface area contributed by atoms with Gasteiger partial charge in [0, 0.05) is 6.54 Å². The maximum Gasteiger partial charge on any atom is 0.000651 e. The van der Waals surface area contributed by atoms with Crippen LogP contribution in [-0.4, -0.2) is 25.0 Å². The quantitative estimate of drug-likeness (QED) is 0.519. The van der Waals surface area contributed by atoms with Crippen LogP contribution in [0.1, 0.15) is 59.8 Å². The van der Waals surface area contributed by atoms with Crippen molar-refractivity contribution in [1.29, 1.82) is 0 Å². The predicted molar refractivity (Wildman–Crippen MR) is 70.3 cm³/mol. The highest BCUT2D eigenvalue weighted by molar-refractivity contribution is 4.64. The number of hydrogen-bond acceptors (Lipinski definition) is 1. The molecule has 0 aliphatic heterocycles. The summed E-state index contributed by atoms with van der Waals surface area (Å²) in [4.78, 5) is 2.51. The Hall–Kier alpha value is -0.0400. The lowest BCUT2D eigenvalue weighted by atomic mass is 9.93. The van der Waals surface area contributed by atoms with Crippen LogP contribution in [-0.2, 0) is 0 Å². The van der Waals surface area contributed by atoms with E-state index in [0.717, 1.165) is 11.8 Å². The van der Waals surface area contributed by atoms with Gasteiger partial charge in [0.1, 0.15) is 0 Å². The lowest BCUT2D eigenvalue weighted by Crippen LogP contribution is -2.28. The number of nitrogens with zero attached hydrogens (tertiary/aromatic N) is 1. The molecule has 2 atom stereocenters. The summed E-state index contributed by atoms with van der Waals surface area (Å²) in [5, 5.41) is 0. The maximum atomic E-state index is 2.51. The summed E-state index contributed by atoms with van der Waals surface area (Å²) in [6.07, 6.45) is 6.82. The highest BCUT2D eigenvalue weighted by Crippen LogP contribution is 2.15. The van der Waals surface area contributed by atoms with Gasteiger partial charge >= 0.3 is 0 Å². The Kier molecular flexibility index (Phi) is 9.18. The fraction of sp³-hybridized carbons (Fsp3) is 1.00. The minimum Gasteiger partial charge on any atom is -0.306 e. The second-order valence-electron chi connectivity index (χ2n) is 5.19. The van der Waals surface area contributed by atoms with Gasteiger partial charge in [-0.25, -0.2) is 0 Å². The van der Waals surface area contributed by atoms with Gasteiger partial charge in [-0.3, -0.25) is 0 Å². The Bertz CT molecular complexity index is 133. The van der Waals surface area contributed by atoms with Crippen molar-refractivity contribution in [3.8, 4) is 0 Å². The van der Waals surface area contributed by atoms with Gasteiger partial charge in [-0.05, 0) is 31.8 Å². The van der Waals surface area contributed by atoms with E-state index in [4.69, 9.17) is 0 Å². The van der Waals surface area contributed by atoms with Gasteiger partial charge < -0.3 is 4.90 Å². The Morgan fingerprint density at radius 1 is 0.933 bits per heavy atom. The smallest absolute Gasteiger partial charge is 0.000651 e. The lowest BCUT2D eigenvalue weighted by Gasteiger charge is -2.25. The zero-order valence-corrected chi connectivity index (χ0v) is 11.6. The Morgan fingerprint density at radius 3 is 2.13 bits per heavy atom. The topological polar surface area (TPSA) is 3.24 Å². The average Bonchev–Trinajstić information content (AvgIpc) is 2.23. The first kappa shape index (κ1) is 15.0. The van der Waals surface area contributed by atoms with Crippen molar-refractivity contribution < 1.29 is 0 Å². The molecule has 0 saturated heterocycles. The molecule has 0 N–H and O–H groups in total. The van der Waals surface area contributed by atoms with Gasteiger partial charge in [-0.2, -0.15) is 0 Å². The second kappa shape index (κ2) is 9.21. The first-order chi connectivity index (χ1) is 7.11. The normalized spacial score (nSPS) is 15.6. The van der Waals surface area contributed by atoms with Crippen LogP contribution in [0.15, 0.2) is 0 Å². The van der Waals surface area contributed by atoms with Gasteiger partial charge in [-0.1, -0.05) is 53.4 Å². The number of rotatable bonds is 9. The monoisotopic (exact) mass is 213 g/mol. The van der Waals surface area contributed by atoms with E-state index in [0.29, 0.717) is 0 Å². The van der Waals surface area contributed by atoms with Crippen molar-refractivity contribution in [2.24, 2.45) is 11.8 Å². The molecule has 1 heteroatoms. The van der Waals surface area contributed by atoms with E-state index >= 15 is 0 Å². The summed E-state index contributed by atoms with van der Waals surface area (Å²) in [7, 11) is 2.27. The molecule has 0 aliphatic rings. The minimum absolute atomic E-state index is 0.839. The zero-order chi connectivity index (χ0) is 11.7. The van der Waals surface area contributed by atoms with Crippen molar-refractivity contribution >= 4 is 0 Å².